The maximum Gasteiger partial charge on any atom is 0.281 e. The molecule has 2 amide bonds. The van der Waals surface area contributed by atoms with Gasteiger partial charge in [-0.05, 0) is 26.0 Å². The van der Waals surface area contributed by atoms with E-state index in [4.69, 9.17) is 9.15 Å². The molecule has 0 bridgehead atoms. The van der Waals surface area contributed by atoms with Gasteiger partial charge in [-0.15, -0.1) is 11.3 Å². The number of aryl methyl sites for hydroxylation is 2. The number of hydrazine groups is 1. The lowest BCUT2D eigenvalue weighted by atomic mass is 10.3. The number of nitrogens with zero attached hydrogens (tertiary/aromatic N) is 3. The van der Waals surface area contributed by atoms with Crippen LogP contribution in [-0.2, 0) is 16.0 Å². The normalized spacial score (nSPS) is 14.0. The molecule has 2 N–H and O–H groups in total. The van der Waals surface area contributed by atoms with E-state index >= 15 is 0 Å². The summed E-state index contributed by atoms with van der Waals surface area (Å²) in [5.41, 5.74) is 6.15. The topological polar surface area (TPSA) is 110 Å². The molecule has 4 heterocycles. The summed E-state index contributed by atoms with van der Waals surface area (Å²) in [6.45, 7) is 6.44. The minimum Gasteiger partial charge on any atom is -0.459 e. The second-order valence-electron chi connectivity index (χ2n) is 6.74. The van der Waals surface area contributed by atoms with E-state index in [9.17, 15) is 9.59 Å². The number of ether oxygens (including phenoxy) is 1. The number of furan rings is 1. The van der Waals surface area contributed by atoms with Crippen LogP contribution in [0.3, 0.4) is 0 Å². The van der Waals surface area contributed by atoms with Crippen molar-refractivity contribution in [2.24, 2.45) is 0 Å². The third kappa shape index (κ3) is 4.69. The van der Waals surface area contributed by atoms with Gasteiger partial charge in [0.05, 0.1) is 31.0 Å². The molecule has 0 saturated carbocycles. The molecule has 1 saturated heterocycles. The Balaban J connectivity index is 1.31. The van der Waals surface area contributed by atoms with Gasteiger partial charge in [-0.2, -0.15) is 0 Å². The number of morpholine rings is 1. The summed E-state index contributed by atoms with van der Waals surface area (Å²) in [5.74, 6) is 0.737. The lowest BCUT2D eigenvalue weighted by molar-refractivity contribution is -0.121. The first-order valence-electron chi connectivity index (χ1n) is 9.40. The summed E-state index contributed by atoms with van der Waals surface area (Å²) in [4.78, 5) is 36.2. The van der Waals surface area contributed by atoms with Gasteiger partial charge >= 0.3 is 0 Å². The first-order valence-corrected chi connectivity index (χ1v) is 11.1. The molecular formula is C19H21N5O4S2. The monoisotopic (exact) mass is 447 g/mol. The third-order valence-corrected chi connectivity index (χ3v) is 6.56. The van der Waals surface area contributed by atoms with Gasteiger partial charge in [0, 0.05) is 18.5 Å². The van der Waals surface area contributed by atoms with E-state index in [1.807, 2.05) is 19.1 Å². The second kappa shape index (κ2) is 8.94. The molecule has 3 aromatic heterocycles. The molecular weight excluding hydrogens is 426 g/mol. The van der Waals surface area contributed by atoms with Crippen molar-refractivity contribution in [1.29, 1.82) is 0 Å². The Morgan fingerprint density at radius 1 is 1.17 bits per heavy atom. The Morgan fingerprint density at radius 3 is 2.70 bits per heavy atom. The average molecular weight is 448 g/mol. The van der Waals surface area contributed by atoms with Crippen LogP contribution in [0.15, 0.2) is 21.9 Å². The van der Waals surface area contributed by atoms with Gasteiger partial charge in [0.15, 0.2) is 15.9 Å². The zero-order valence-electron chi connectivity index (χ0n) is 16.6. The number of thiazole rings is 2. The van der Waals surface area contributed by atoms with Gasteiger partial charge in [0.25, 0.3) is 5.91 Å². The fraction of sp³-hybridized carbons (Fsp3) is 0.368. The van der Waals surface area contributed by atoms with Crippen LogP contribution in [0.2, 0.25) is 0 Å². The number of amides is 2. The fourth-order valence-corrected chi connectivity index (χ4v) is 4.72. The van der Waals surface area contributed by atoms with Gasteiger partial charge in [-0.1, -0.05) is 11.3 Å². The van der Waals surface area contributed by atoms with E-state index in [1.54, 1.807) is 12.3 Å². The molecule has 1 aliphatic heterocycles. The van der Waals surface area contributed by atoms with Crippen LogP contribution in [-0.4, -0.2) is 48.1 Å². The zero-order valence-corrected chi connectivity index (χ0v) is 18.2. The molecule has 1 fully saturated rings. The highest BCUT2D eigenvalue weighted by molar-refractivity contribution is 7.17. The molecule has 0 unspecified atom stereocenters. The summed E-state index contributed by atoms with van der Waals surface area (Å²) < 4.78 is 10.9. The van der Waals surface area contributed by atoms with Gasteiger partial charge in [-0.3, -0.25) is 20.4 Å². The van der Waals surface area contributed by atoms with E-state index in [0.29, 0.717) is 40.2 Å². The Kier molecular flexibility index (Phi) is 6.11. The Labute approximate surface area is 181 Å². The molecule has 0 spiro atoms. The van der Waals surface area contributed by atoms with E-state index in [2.05, 4.69) is 25.7 Å². The van der Waals surface area contributed by atoms with E-state index in [-0.39, 0.29) is 18.2 Å². The predicted molar refractivity (Wildman–Crippen MR) is 114 cm³/mol. The van der Waals surface area contributed by atoms with Crippen molar-refractivity contribution in [2.75, 3.05) is 31.2 Å². The Bertz CT molecular complexity index is 1050. The average Bonchev–Trinajstić information content (AvgIpc) is 3.47. The van der Waals surface area contributed by atoms with Gasteiger partial charge in [-0.25, -0.2) is 9.97 Å². The molecule has 158 valence electrons. The molecule has 1 aliphatic rings. The molecule has 4 rings (SSSR count). The molecule has 11 heteroatoms. The molecule has 0 atom stereocenters. The number of carbonyl (C=O) groups excluding carboxylic acids is 2. The maximum absolute atomic E-state index is 12.5. The van der Waals surface area contributed by atoms with Crippen LogP contribution in [0.25, 0.3) is 10.8 Å². The molecule has 30 heavy (non-hydrogen) atoms. The zero-order chi connectivity index (χ0) is 21.1. The maximum atomic E-state index is 12.5. The number of carbonyl (C=O) groups is 2. The SMILES string of the molecule is Cc1ccc(-c2nc(CC(=O)NNC(=O)c3sc(N4CCOCC4)nc3C)cs2)o1. The van der Waals surface area contributed by atoms with Crippen LogP contribution in [0.4, 0.5) is 5.13 Å². The first kappa shape index (κ1) is 20.5. The fourth-order valence-electron chi connectivity index (χ4n) is 2.93. The molecule has 0 radical (unpaired) electrons. The number of anilines is 1. The lowest BCUT2D eigenvalue weighted by Crippen LogP contribution is -2.42. The minimum atomic E-state index is -0.386. The summed E-state index contributed by atoms with van der Waals surface area (Å²) in [5, 5.41) is 3.30. The predicted octanol–water partition coefficient (Wildman–Crippen LogP) is 2.32. The van der Waals surface area contributed by atoms with Crippen LogP contribution < -0.4 is 15.8 Å². The van der Waals surface area contributed by atoms with Gasteiger partial charge in [0.1, 0.15) is 10.6 Å². The second-order valence-corrected chi connectivity index (χ2v) is 8.58. The van der Waals surface area contributed by atoms with Crippen molar-refractivity contribution in [3.63, 3.8) is 0 Å². The van der Waals surface area contributed by atoms with Crippen molar-refractivity contribution in [1.82, 2.24) is 20.8 Å². The molecule has 9 nitrogen and oxygen atoms in total. The van der Waals surface area contributed by atoms with Gasteiger partial charge < -0.3 is 14.1 Å². The van der Waals surface area contributed by atoms with E-state index in [0.717, 1.165) is 24.0 Å². The van der Waals surface area contributed by atoms with Crippen LogP contribution in [0.5, 0.6) is 0 Å². The number of hydrogen-bond acceptors (Lipinski definition) is 9. The van der Waals surface area contributed by atoms with Crippen molar-refractivity contribution in [2.45, 2.75) is 20.3 Å². The Hall–Kier alpha value is -2.76. The Morgan fingerprint density at radius 2 is 1.97 bits per heavy atom. The van der Waals surface area contributed by atoms with Crippen LogP contribution >= 0.6 is 22.7 Å². The number of rotatable bonds is 5. The summed E-state index contributed by atoms with van der Waals surface area (Å²) in [7, 11) is 0. The summed E-state index contributed by atoms with van der Waals surface area (Å²) in [6.07, 6.45) is 0.0527. The smallest absolute Gasteiger partial charge is 0.281 e. The molecule has 0 aliphatic carbocycles. The van der Waals surface area contributed by atoms with Crippen molar-refractivity contribution in [3.8, 4) is 10.8 Å². The highest BCUT2D eigenvalue weighted by Crippen LogP contribution is 2.27. The largest absolute Gasteiger partial charge is 0.459 e. The van der Waals surface area contributed by atoms with Crippen molar-refractivity contribution >= 4 is 39.6 Å². The standard InChI is InChI=1S/C19H21N5O4S2/c1-11-3-4-14(28-11)18-21-13(10-29-18)9-15(25)22-23-17(26)16-12(2)20-19(30-16)24-5-7-27-8-6-24/h3-4,10H,5-9H2,1-2H3,(H,22,25)(H,23,26). The highest BCUT2D eigenvalue weighted by atomic mass is 32.1. The lowest BCUT2D eigenvalue weighted by Gasteiger charge is -2.25. The number of hydrogen-bond donors (Lipinski definition) is 2. The first-order chi connectivity index (χ1) is 14.5. The van der Waals surface area contributed by atoms with E-state index in [1.165, 1.54) is 22.7 Å². The highest BCUT2D eigenvalue weighted by Gasteiger charge is 2.21. The van der Waals surface area contributed by atoms with Gasteiger partial charge in [0.2, 0.25) is 5.91 Å². The van der Waals surface area contributed by atoms with Crippen LogP contribution in [0.1, 0.15) is 26.8 Å². The number of nitrogens with one attached hydrogen (secondary N) is 2. The van der Waals surface area contributed by atoms with Crippen molar-refractivity contribution in [3.05, 3.63) is 39.5 Å². The quantitative estimate of drug-likeness (QED) is 0.578. The number of aromatic nitrogens is 2. The summed E-state index contributed by atoms with van der Waals surface area (Å²) >= 11 is 2.71. The van der Waals surface area contributed by atoms with Crippen molar-refractivity contribution < 1.29 is 18.7 Å². The third-order valence-electron chi connectivity index (χ3n) is 4.43. The van der Waals surface area contributed by atoms with E-state index < -0.39 is 0 Å². The molecule has 3 aromatic rings. The molecule has 0 aromatic carbocycles. The summed E-state index contributed by atoms with van der Waals surface area (Å²) in [6, 6.07) is 3.71. The minimum absolute atomic E-state index is 0.0527. The van der Waals surface area contributed by atoms with Crippen LogP contribution in [0, 0.1) is 13.8 Å².